The van der Waals surface area contributed by atoms with E-state index in [4.69, 9.17) is 5.26 Å². The van der Waals surface area contributed by atoms with Crippen molar-refractivity contribution < 1.29 is 13.2 Å². The molecule has 0 N–H and O–H groups in total. The highest BCUT2D eigenvalue weighted by Crippen LogP contribution is 2.24. The molecule has 0 aliphatic carbocycles. The van der Waals surface area contributed by atoms with Gasteiger partial charge in [-0.2, -0.15) is 10.4 Å². The van der Waals surface area contributed by atoms with E-state index in [1.54, 1.807) is 6.07 Å². The fourth-order valence-electron chi connectivity index (χ4n) is 1.97. The Kier molecular flexibility index (Phi) is 3.06. The van der Waals surface area contributed by atoms with Crippen LogP contribution < -0.4 is 0 Å². The molecule has 1 aromatic carbocycles. The average Bonchev–Trinajstić information content (AvgIpc) is 2.90. The quantitative estimate of drug-likeness (QED) is 0.726. The number of aromatic nitrogens is 3. The first-order chi connectivity index (χ1) is 10.1. The normalized spacial score (nSPS) is 11.0. The van der Waals surface area contributed by atoms with Crippen LogP contribution in [0.15, 0.2) is 36.5 Å². The first kappa shape index (κ1) is 13.1. The number of imidazole rings is 1. The smallest absolute Gasteiger partial charge is 0.235 e. The van der Waals surface area contributed by atoms with E-state index < -0.39 is 17.9 Å². The van der Waals surface area contributed by atoms with Crippen molar-refractivity contribution in [2.75, 3.05) is 0 Å². The molecule has 0 atom stereocenters. The first-order valence-corrected chi connectivity index (χ1v) is 5.93. The van der Waals surface area contributed by atoms with Crippen molar-refractivity contribution in [2.45, 2.75) is 6.43 Å². The Morgan fingerprint density at radius 3 is 2.67 bits per heavy atom. The standard InChI is InChI=1S/C14H7F3N4/c15-10-5-8(1-2-9(10)6-18)12-7-19-13-4-3-11(14(16)17)20-21(12)13/h1-5,7,14H. The molecule has 0 amide bonds. The van der Waals surface area contributed by atoms with Crippen LogP contribution in [0.4, 0.5) is 13.2 Å². The molecule has 3 aromatic rings. The Balaban J connectivity index is 2.18. The minimum Gasteiger partial charge on any atom is -0.235 e. The Bertz CT molecular complexity index is 864. The van der Waals surface area contributed by atoms with Gasteiger partial charge in [0.15, 0.2) is 5.65 Å². The van der Waals surface area contributed by atoms with Crippen molar-refractivity contribution >= 4 is 5.65 Å². The maximum Gasteiger partial charge on any atom is 0.282 e. The summed E-state index contributed by atoms with van der Waals surface area (Å²) in [6.45, 7) is 0. The van der Waals surface area contributed by atoms with Gasteiger partial charge in [0.25, 0.3) is 6.43 Å². The Morgan fingerprint density at radius 2 is 2.00 bits per heavy atom. The number of rotatable bonds is 2. The van der Waals surface area contributed by atoms with Crippen LogP contribution in [0.25, 0.3) is 16.9 Å². The Hall–Kier alpha value is -2.88. The third-order valence-corrected chi connectivity index (χ3v) is 2.99. The van der Waals surface area contributed by atoms with Crippen LogP contribution in [0, 0.1) is 17.1 Å². The minimum absolute atomic E-state index is 0.0891. The van der Waals surface area contributed by atoms with Crippen molar-refractivity contribution in [1.82, 2.24) is 14.6 Å². The molecule has 0 radical (unpaired) electrons. The van der Waals surface area contributed by atoms with E-state index in [-0.39, 0.29) is 5.56 Å². The van der Waals surface area contributed by atoms with Crippen LogP contribution in [-0.4, -0.2) is 14.6 Å². The molecule has 0 fully saturated rings. The molecule has 4 nitrogen and oxygen atoms in total. The van der Waals surface area contributed by atoms with Gasteiger partial charge in [-0.3, -0.25) is 0 Å². The molecule has 2 heterocycles. The molecule has 0 aliphatic rings. The molecule has 0 aliphatic heterocycles. The maximum absolute atomic E-state index is 13.7. The molecule has 0 saturated heterocycles. The lowest BCUT2D eigenvalue weighted by Gasteiger charge is -2.04. The zero-order valence-corrected chi connectivity index (χ0v) is 10.5. The van der Waals surface area contributed by atoms with E-state index in [1.165, 1.54) is 35.0 Å². The molecule has 0 bridgehead atoms. The van der Waals surface area contributed by atoms with E-state index in [1.807, 2.05) is 0 Å². The number of hydrogen-bond acceptors (Lipinski definition) is 3. The summed E-state index contributed by atoms with van der Waals surface area (Å²) in [5.41, 5.74) is 0.664. The predicted molar refractivity (Wildman–Crippen MR) is 68.1 cm³/mol. The monoisotopic (exact) mass is 288 g/mol. The van der Waals surface area contributed by atoms with Crippen LogP contribution in [0.1, 0.15) is 17.7 Å². The molecular formula is C14H7F3N4. The first-order valence-electron chi connectivity index (χ1n) is 5.93. The molecule has 21 heavy (non-hydrogen) atoms. The number of halogens is 3. The molecule has 0 spiro atoms. The van der Waals surface area contributed by atoms with Gasteiger partial charge >= 0.3 is 0 Å². The second-order valence-electron chi connectivity index (χ2n) is 4.28. The van der Waals surface area contributed by atoms with Gasteiger partial charge in [0, 0.05) is 5.56 Å². The molecule has 2 aromatic heterocycles. The Labute approximate surface area is 117 Å². The van der Waals surface area contributed by atoms with Crippen molar-refractivity contribution in [1.29, 1.82) is 5.26 Å². The van der Waals surface area contributed by atoms with Crippen molar-refractivity contribution in [3.8, 4) is 17.3 Å². The lowest BCUT2D eigenvalue weighted by atomic mass is 10.1. The summed E-state index contributed by atoms with van der Waals surface area (Å²) < 4.78 is 40.3. The molecule has 0 unspecified atom stereocenters. The predicted octanol–water partition coefficient (Wildman–Crippen LogP) is 3.34. The van der Waals surface area contributed by atoms with Gasteiger partial charge in [-0.25, -0.2) is 22.7 Å². The third-order valence-electron chi connectivity index (χ3n) is 2.99. The lowest BCUT2D eigenvalue weighted by molar-refractivity contribution is 0.144. The van der Waals surface area contributed by atoms with E-state index >= 15 is 0 Å². The number of fused-ring (bicyclic) bond motifs is 1. The van der Waals surface area contributed by atoms with Gasteiger partial charge in [-0.05, 0) is 24.3 Å². The van der Waals surface area contributed by atoms with E-state index in [0.29, 0.717) is 16.9 Å². The number of alkyl halides is 2. The number of hydrogen-bond donors (Lipinski definition) is 0. The number of nitriles is 1. The van der Waals surface area contributed by atoms with Crippen LogP contribution in [0.3, 0.4) is 0 Å². The molecule has 104 valence electrons. The fraction of sp³-hybridized carbons (Fsp3) is 0.0714. The second kappa shape index (κ2) is 4.90. The number of benzene rings is 1. The van der Waals surface area contributed by atoms with E-state index in [0.717, 1.165) is 6.07 Å². The van der Waals surface area contributed by atoms with Crippen LogP contribution >= 0.6 is 0 Å². The summed E-state index contributed by atoms with van der Waals surface area (Å²) in [4.78, 5) is 4.04. The molecule has 3 rings (SSSR count). The minimum atomic E-state index is -2.71. The van der Waals surface area contributed by atoms with Crippen molar-refractivity contribution in [3.63, 3.8) is 0 Å². The molecular weight excluding hydrogens is 281 g/mol. The largest absolute Gasteiger partial charge is 0.282 e. The third kappa shape index (κ3) is 2.21. The van der Waals surface area contributed by atoms with Crippen LogP contribution in [-0.2, 0) is 0 Å². The van der Waals surface area contributed by atoms with E-state index in [2.05, 4.69) is 10.1 Å². The fourth-order valence-corrected chi connectivity index (χ4v) is 1.97. The zero-order chi connectivity index (χ0) is 15.0. The lowest BCUT2D eigenvalue weighted by Crippen LogP contribution is -2.00. The van der Waals surface area contributed by atoms with E-state index in [9.17, 15) is 13.2 Å². The second-order valence-corrected chi connectivity index (χ2v) is 4.28. The average molecular weight is 288 g/mol. The highest BCUT2D eigenvalue weighted by molar-refractivity contribution is 5.64. The highest BCUT2D eigenvalue weighted by Gasteiger charge is 2.14. The van der Waals surface area contributed by atoms with Gasteiger partial charge < -0.3 is 0 Å². The van der Waals surface area contributed by atoms with Crippen molar-refractivity contribution in [2.24, 2.45) is 0 Å². The zero-order valence-electron chi connectivity index (χ0n) is 10.5. The summed E-state index contributed by atoms with van der Waals surface area (Å²) in [7, 11) is 0. The summed E-state index contributed by atoms with van der Waals surface area (Å²) in [5.74, 6) is -0.685. The van der Waals surface area contributed by atoms with Gasteiger partial charge in [0.2, 0.25) is 0 Å². The SMILES string of the molecule is N#Cc1ccc(-c2cnc3ccc(C(F)F)nn23)cc1F. The summed E-state index contributed by atoms with van der Waals surface area (Å²) in [5, 5.41) is 12.5. The van der Waals surface area contributed by atoms with Gasteiger partial charge in [0.05, 0.1) is 17.5 Å². The summed E-state index contributed by atoms with van der Waals surface area (Å²) in [6.07, 6.45) is -1.29. The molecule has 7 heteroatoms. The van der Waals surface area contributed by atoms with Crippen LogP contribution in [0.2, 0.25) is 0 Å². The Morgan fingerprint density at radius 1 is 1.19 bits per heavy atom. The van der Waals surface area contributed by atoms with Crippen LogP contribution in [0.5, 0.6) is 0 Å². The van der Waals surface area contributed by atoms with Gasteiger partial charge in [-0.1, -0.05) is 6.07 Å². The number of nitrogens with zero attached hydrogens (tertiary/aromatic N) is 4. The van der Waals surface area contributed by atoms with Gasteiger partial charge in [-0.15, -0.1) is 0 Å². The van der Waals surface area contributed by atoms with Gasteiger partial charge in [0.1, 0.15) is 17.6 Å². The highest BCUT2D eigenvalue weighted by atomic mass is 19.3. The maximum atomic E-state index is 13.7. The summed E-state index contributed by atoms with van der Waals surface area (Å²) in [6, 6.07) is 8.31. The topological polar surface area (TPSA) is 54.0 Å². The molecule has 0 saturated carbocycles. The summed E-state index contributed by atoms with van der Waals surface area (Å²) >= 11 is 0. The van der Waals surface area contributed by atoms with Crippen molar-refractivity contribution in [3.05, 3.63) is 53.6 Å².